The van der Waals surface area contributed by atoms with Crippen molar-refractivity contribution < 1.29 is 9.66 Å². The maximum Gasteiger partial charge on any atom is 0.295 e. The third-order valence-electron chi connectivity index (χ3n) is 3.72. The second-order valence-electron chi connectivity index (χ2n) is 5.43. The fourth-order valence-electron chi connectivity index (χ4n) is 2.39. The van der Waals surface area contributed by atoms with Crippen LogP contribution in [0.15, 0.2) is 72.0 Å². The van der Waals surface area contributed by atoms with Crippen LogP contribution in [0.3, 0.4) is 0 Å². The minimum absolute atomic E-state index is 0.165. The number of aromatic nitrogens is 1. The Morgan fingerprint density at radius 2 is 1.96 bits per heavy atom. The van der Waals surface area contributed by atoms with Gasteiger partial charge in [-0.1, -0.05) is 17.7 Å². The molecule has 3 rings (SSSR count). The van der Waals surface area contributed by atoms with Crippen LogP contribution < -0.4 is 10.2 Å². The van der Waals surface area contributed by atoms with E-state index in [0.717, 1.165) is 5.56 Å². The molecule has 0 bridgehead atoms. The van der Waals surface area contributed by atoms with Crippen LogP contribution in [-0.4, -0.2) is 22.7 Å². The summed E-state index contributed by atoms with van der Waals surface area (Å²) in [6.45, 7) is 0. The molecule has 0 aliphatic rings. The summed E-state index contributed by atoms with van der Waals surface area (Å²) in [6.07, 6.45) is 1.65. The van der Waals surface area contributed by atoms with Crippen molar-refractivity contribution in [2.45, 2.75) is 0 Å². The highest BCUT2D eigenvalue weighted by Gasteiger charge is 2.15. The fraction of sp³-hybridized carbons (Fsp3) is 0.0526. The molecule has 0 spiro atoms. The Morgan fingerprint density at radius 3 is 2.59 bits per heavy atom. The lowest BCUT2D eigenvalue weighted by Gasteiger charge is -2.09. The number of pyridine rings is 1. The number of halogens is 1. The number of rotatable bonds is 6. The second-order valence-corrected chi connectivity index (χ2v) is 5.87. The van der Waals surface area contributed by atoms with Crippen LogP contribution in [0.25, 0.3) is 0 Å². The number of nitrogens with zero attached hydrogens (tertiary/aromatic N) is 3. The van der Waals surface area contributed by atoms with Gasteiger partial charge in [-0.2, -0.15) is 5.10 Å². The number of anilines is 1. The molecule has 7 nitrogen and oxygen atoms in total. The highest BCUT2D eigenvalue weighted by molar-refractivity contribution is 6.30. The van der Waals surface area contributed by atoms with E-state index >= 15 is 0 Å². The Kier molecular flexibility index (Phi) is 5.63. The molecule has 2 aromatic carbocycles. The molecule has 0 fully saturated rings. The van der Waals surface area contributed by atoms with Crippen LogP contribution in [0.2, 0.25) is 5.02 Å². The molecule has 27 heavy (non-hydrogen) atoms. The SMILES string of the molecule is COc1ccc(/C(=N/Nc2ccc(Cl)cc2[N+](=O)[O-])c2ccccn2)cc1. The normalized spacial score (nSPS) is 11.1. The van der Waals surface area contributed by atoms with E-state index in [1.54, 1.807) is 43.6 Å². The molecule has 8 heteroatoms. The molecule has 0 aliphatic heterocycles. The first-order valence-corrected chi connectivity index (χ1v) is 8.30. The molecule has 0 saturated carbocycles. The standard InChI is InChI=1S/C19H15ClN4O3/c1-27-15-8-5-13(6-9-15)19(17-4-2-3-11-21-17)23-22-16-10-7-14(20)12-18(16)24(25)26/h2-12,22H,1H3/b23-19-. The van der Waals surface area contributed by atoms with Gasteiger partial charge < -0.3 is 4.74 Å². The van der Waals surface area contributed by atoms with Gasteiger partial charge in [-0.15, -0.1) is 0 Å². The molecule has 3 aromatic rings. The highest BCUT2D eigenvalue weighted by Crippen LogP contribution is 2.28. The first kappa shape index (κ1) is 18.3. The highest BCUT2D eigenvalue weighted by atomic mass is 35.5. The maximum atomic E-state index is 11.3. The monoisotopic (exact) mass is 382 g/mol. The van der Waals surface area contributed by atoms with Gasteiger partial charge in [0.1, 0.15) is 17.1 Å². The summed E-state index contributed by atoms with van der Waals surface area (Å²) in [5, 5.41) is 15.9. The number of hydrogen-bond acceptors (Lipinski definition) is 6. The summed E-state index contributed by atoms with van der Waals surface area (Å²) in [7, 11) is 1.59. The lowest BCUT2D eigenvalue weighted by atomic mass is 10.1. The number of methoxy groups -OCH3 is 1. The molecule has 0 aliphatic carbocycles. The van der Waals surface area contributed by atoms with Gasteiger partial charge in [0.25, 0.3) is 5.69 Å². The smallest absolute Gasteiger partial charge is 0.295 e. The predicted octanol–water partition coefficient (Wildman–Crippen LogP) is 4.52. The molecule has 1 heterocycles. The fourth-order valence-corrected chi connectivity index (χ4v) is 2.55. The van der Waals surface area contributed by atoms with E-state index in [0.29, 0.717) is 17.2 Å². The van der Waals surface area contributed by atoms with Crippen LogP contribution in [0.5, 0.6) is 5.75 Å². The molecule has 0 amide bonds. The minimum atomic E-state index is -0.516. The van der Waals surface area contributed by atoms with Crippen LogP contribution in [0, 0.1) is 10.1 Å². The van der Waals surface area contributed by atoms with Crippen molar-refractivity contribution in [2.75, 3.05) is 12.5 Å². The van der Waals surface area contributed by atoms with Gasteiger partial charge in [0.05, 0.1) is 17.7 Å². The predicted molar refractivity (Wildman–Crippen MR) is 105 cm³/mol. The van der Waals surface area contributed by atoms with Crippen molar-refractivity contribution in [3.05, 3.63) is 93.3 Å². The van der Waals surface area contributed by atoms with Gasteiger partial charge in [-0.05, 0) is 48.5 Å². The van der Waals surface area contributed by atoms with E-state index in [1.165, 1.54) is 12.1 Å². The number of hydrogen-bond donors (Lipinski definition) is 1. The largest absolute Gasteiger partial charge is 0.497 e. The Bertz CT molecular complexity index is 976. The third kappa shape index (κ3) is 4.39. The molecule has 0 unspecified atom stereocenters. The van der Waals surface area contributed by atoms with Crippen molar-refractivity contribution in [1.29, 1.82) is 0 Å². The molecular weight excluding hydrogens is 368 g/mol. The van der Waals surface area contributed by atoms with Gasteiger partial charge in [0, 0.05) is 22.8 Å². The average Bonchev–Trinajstić information content (AvgIpc) is 2.70. The van der Waals surface area contributed by atoms with E-state index < -0.39 is 4.92 Å². The third-order valence-corrected chi connectivity index (χ3v) is 3.95. The van der Waals surface area contributed by atoms with Crippen molar-refractivity contribution in [1.82, 2.24) is 4.98 Å². The summed E-state index contributed by atoms with van der Waals surface area (Å²) in [4.78, 5) is 15.1. The first-order chi connectivity index (χ1) is 13.1. The Balaban J connectivity index is 2.02. The Morgan fingerprint density at radius 1 is 1.19 bits per heavy atom. The molecular formula is C19H15ClN4O3. The molecule has 1 N–H and O–H groups in total. The number of ether oxygens (including phenoxy) is 1. The van der Waals surface area contributed by atoms with E-state index in [9.17, 15) is 10.1 Å². The number of nitro groups is 1. The molecule has 1 aromatic heterocycles. The number of benzene rings is 2. The van der Waals surface area contributed by atoms with Crippen LogP contribution >= 0.6 is 11.6 Å². The summed E-state index contributed by atoms with van der Waals surface area (Å²) in [5.74, 6) is 0.709. The van der Waals surface area contributed by atoms with Crippen LogP contribution in [-0.2, 0) is 0 Å². The van der Waals surface area contributed by atoms with Gasteiger partial charge in [0.2, 0.25) is 0 Å². The van der Waals surface area contributed by atoms with Crippen molar-refractivity contribution in [3.63, 3.8) is 0 Å². The first-order valence-electron chi connectivity index (χ1n) is 7.92. The van der Waals surface area contributed by atoms with E-state index in [2.05, 4.69) is 15.5 Å². The summed E-state index contributed by atoms with van der Waals surface area (Å²) >= 11 is 5.85. The topological polar surface area (TPSA) is 89.6 Å². The van der Waals surface area contributed by atoms with Gasteiger partial charge >= 0.3 is 0 Å². The average molecular weight is 383 g/mol. The molecule has 0 atom stereocenters. The van der Waals surface area contributed by atoms with Crippen LogP contribution in [0.4, 0.5) is 11.4 Å². The van der Waals surface area contributed by atoms with Gasteiger partial charge in [-0.3, -0.25) is 20.5 Å². The van der Waals surface area contributed by atoms with Crippen molar-refractivity contribution >= 4 is 28.7 Å². The minimum Gasteiger partial charge on any atom is -0.497 e. The molecule has 0 radical (unpaired) electrons. The lowest BCUT2D eigenvalue weighted by Crippen LogP contribution is -2.09. The Labute approximate surface area is 160 Å². The zero-order valence-electron chi connectivity index (χ0n) is 14.3. The molecule has 0 saturated heterocycles. The molecule has 136 valence electrons. The summed E-state index contributed by atoms with van der Waals surface area (Å²) < 4.78 is 5.18. The van der Waals surface area contributed by atoms with Crippen molar-refractivity contribution in [2.24, 2.45) is 5.10 Å². The van der Waals surface area contributed by atoms with Gasteiger partial charge in [0.15, 0.2) is 0 Å². The number of hydrazone groups is 1. The van der Waals surface area contributed by atoms with Crippen LogP contribution in [0.1, 0.15) is 11.3 Å². The number of nitro benzene ring substituents is 1. The Hall–Kier alpha value is -3.45. The summed E-state index contributed by atoms with van der Waals surface area (Å²) in [5.41, 5.74) is 4.75. The zero-order chi connectivity index (χ0) is 19.2. The second kappa shape index (κ2) is 8.29. The van der Waals surface area contributed by atoms with Gasteiger partial charge in [-0.25, -0.2) is 0 Å². The number of nitrogens with one attached hydrogen (secondary N) is 1. The summed E-state index contributed by atoms with van der Waals surface area (Å²) in [6, 6.07) is 17.1. The van der Waals surface area contributed by atoms with E-state index in [1.807, 2.05) is 18.2 Å². The zero-order valence-corrected chi connectivity index (χ0v) is 15.1. The van der Waals surface area contributed by atoms with E-state index in [4.69, 9.17) is 16.3 Å². The van der Waals surface area contributed by atoms with E-state index in [-0.39, 0.29) is 16.4 Å². The maximum absolute atomic E-state index is 11.3. The quantitative estimate of drug-likeness (QED) is 0.384. The lowest BCUT2D eigenvalue weighted by molar-refractivity contribution is -0.383. The van der Waals surface area contributed by atoms with Crippen molar-refractivity contribution in [3.8, 4) is 5.75 Å².